The Morgan fingerprint density at radius 1 is 1.58 bits per heavy atom. The zero-order chi connectivity index (χ0) is 9.78. The topological polar surface area (TPSA) is 55.6 Å². The number of hydrogen-bond donors (Lipinski definition) is 1. The van der Waals surface area contributed by atoms with Crippen LogP contribution in [0.2, 0.25) is 0 Å². The summed E-state index contributed by atoms with van der Waals surface area (Å²) in [5.74, 6) is -0.0453. The zero-order valence-electron chi connectivity index (χ0n) is 8.26. The van der Waals surface area contributed by atoms with Gasteiger partial charge in [-0.05, 0) is 20.3 Å². The van der Waals surface area contributed by atoms with Gasteiger partial charge in [-0.15, -0.1) is 0 Å². The Balaban J connectivity index is 3.72. The predicted octanol–water partition coefficient (Wildman–Crippen LogP) is 0.524. The van der Waals surface area contributed by atoms with Crippen LogP contribution in [-0.2, 0) is 9.63 Å². The van der Waals surface area contributed by atoms with Crippen LogP contribution in [0.15, 0.2) is 0 Å². The number of carbonyl (C=O) groups excluding carboxylic acids is 1. The summed E-state index contributed by atoms with van der Waals surface area (Å²) < 4.78 is 0. The lowest BCUT2D eigenvalue weighted by atomic mass is 10.00. The lowest BCUT2D eigenvalue weighted by molar-refractivity contribution is -0.168. The van der Waals surface area contributed by atoms with E-state index in [-0.39, 0.29) is 11.4 Å². The van der Waals surface area contributed by atoms with E-state index in [1.54, 1.807) is 7.05 Å². The second-order valence-electron chi connectivity index (χ2n) is 3.56. The molecule has 0 bridgehead atoms. The molecule has 12 heavy (non-hydrogen) atoms. The summed E-state index contributed by atoms with van der Waals surface area (Å²) in [5.41, 5.74) is 5.43. The Hall–Kier alpha value is -0.610. The van der Waals surface area contributed by atoms with Crippen molar-refractivity contribution in [3.05, 3.63) is 0 Å². The molecule has 1 amide bonds. The van der Waals surface area contributed by atoms with Crippen LogP contribution in [0.3, 0.4) is 0 Å². The molecule has 0 aliphatic rings. The lowest BCUT2D eigenvalue weighted by Crippen LogP contribution is -2.34. The van der Waals surface area contributed by atoms with E-state index in [1.807, 2.05) is 13.8 Å². The van der Waals surface area contributed by atoms with Gasteiger partial charge >= 0.3 is 0 Å². The smallest absolute Gasteiger partial charge is 0.245 e. The SMILES string of the molecule is CON(C)C(=O)CCC(C)(C)N. The normalized spacial score (nSPS) is 11.4. The van der Waals surface area contributed by atoms with Gasteiger partial charge in [0.2, 0.25) is 5.91 Å². The van der Waals surface area contributed by atoms with Gasteiger partial charge in [0.25, 0.3) is 0 Å². The fourth-order valence-corrected chi connectivity index (χ4v) is 0.688. The van der Waals surface area contributed by atoms with E-state index in [2.05, 4.69) is 0 Å². The van der Waals surface area contributed by atoms with Gasteiger partial charge in [0.1, 0.15) is 0 Å². The molecule has 0 saturated carbocycles. The van der Waals surface area contributed by atoms with Crippen molar-refractivity contribution in [3.63, 3.8) is 0 Å². The predicted molar refractivity (Wildman–Crippen MR) is 47.3 cm³/mol. The van der Waals surface area contributed by atoms with Crippen molar-refractivity contribution >= 4 is 5.91 Å². The molecule has 0 aromatic heterocycles. The highest BCUT2D eigenvalue weighted by Gasteiger charge is 2.15. The van der Waals surface area contributed by atoms with Gasteiger partial charge in [-0.2, -0.15) is 0 Å². The largest absolute Gasteiger partial charge is 0.326 e. The van der Waals surface area contributed by atoms with Crippen LogP contribution in [0.4, 0.5) is 0 Å². The molecule has 0 radical (unpaired) electrons. The third-order valence-electron chi connectivity index (χ3n) is 1.61. The molecule has 0 fully saturated rings. The van der Waals surface area contributed by atoms with Gasteiger partial charge in [-0.3, -0.25) is 9.63 Å². The Morgan fingerprint density at radius 3 is 2.42 bits per heavy atom. The van der Waals surface area contributed by atoms with Crippen LogP contribution in [0.5, 0.6) is 0 Å². The van der Waals surface area contributed by atoms with Gasteiger partial charge in [-0.1, -0.05) is 0 Å². The molecule has 0 rings (SSSR count). The molecule has 4 heteroatoms. The summed E-state index contributed by atoms with van der Waals surface area (Å²) in [5, 5.41) is 1.21. The summed E-state index contributed by atoms with van der Waals surface area (Å²) in [7, 11) is 3.05. The zero-order valence-corrected chi connectivity index (χ0v) is 8.26. The molecule has 0 aromatic carbocycles. The van der Waals surface area contributed by atoms with E-state index < -0.39 is 0 Å². The van der Waals surface area contributed by atoms with Gasteiger partial charge in [-0.25, -0.2) is 5.06 Å². The van der Waals surface area contributed by atoms with E-state index in [9.17, 15) is 4.79 Å². The van der Waals surface area contributed by atoms with Crippen LogP contribution in [0.25, 0.3) is 0 Å². The Morgan fingerprint density at radius 2 is 2.08 bits per heavy atom. The number of rotatable bonds is 4. The van der Waals surface area contributed by atoms with Gasteiger partial charge in [0.15, 0.2) is 0 Å². The first-order valence-electron chi connectivity index (χ1n) is 3.96. The van der Waals surface area contributed by atoms with Crippen LogP contribution < -0.4 is 5.73 Å². The summed E-state index contributed by atoms with van der Waals surface area (Å²) in [6.07, 6.45) is 1.09. The van der Waals surface area contributed by atoms with Gasteiger partial charge < -0.3 is 5.73 Å². The third-order valence-corrected chi connectivity index (χ3v) is 1.61. The van der Waals surface area contributed by atoms with Gasteiger partial charge in [0.05, 0.1) is 7.11 Å². The van der Waals surface area contributed by atoms with Gasteiger partial charge in [0, 0.05) is 19.0 Å². The number of carbonyl (C=O) groups is 1. The number of hydroxylamine groups is 2. The van der Waals surface area contributed by atoms with E-state index in [0.717, 1.165) is 0 Å². The Labute approximate surface area is 73.6 Å². The molecule has 0 saturated heterocycles. The van der Waals surface area contributed by atoms with Crippen LogP contribution >= 0.6 is 0 Å². The molecule has 2 N–H and O–H groups in total. The summed E-state index contributed by atoms with van der Waals surface area (Å²) in [6, 6.07) is 0. The standard InChI is InChI=1S/C8H18N2O2/c1-8(2,9)6-5-7(11)10(3)12-4/h5-6,9H2,1-4H3. The number of hydrogen-bond acceptors (Lipinski definition) is 3. The highest BCUT2D eigenvalue weighted by Crippen LogP contribution is 2.08. The fourth-order valence-electron chi connectivity index (χ4n) is 0.688. The number of nitrogens with two attached hydrogens (primary N) is 1. The molecular formula is C8H18N2O2. The molecule has 0 unspecified atom stereocenters. The second kappa shape index (κ2) is 4.42. The van der Waals surface area contributed by atoms with Crippen molar-refractivity contribution in [1.82, 2.24) is 5.06 Å². The molecule has 0 aromatic rings. The molecule has 4 nitrogen and oxygen atoms in total. The van der Waals surface area contributed by atoms with Crippen molar-refractivity contribution in [2.45, 2.75) is 32.2 Å². The van der Waals surface area contributed by atoms with E-state index in [1.165, 1.54) is 12.2 Å². The van der Waals surface area contributed by atoms with Crippen LogP contribution in [0, 0.1) is 0 Å². The molecular weight excluding hydrogens is 156 g/mol. The Bertz CT molecular complexity index is 152. The lowest BCUT2D eigenvalue weighted by Gasteiger charge is -2.19. The van der Waals surface area contributed by atoms with Crippen LogP contribution in [0.1, 0.15) is 26.7 Å². The minimum atomic E-state index is -0.287. The highest BCUT2D eigenvalue weighted by atomic mass is 16.7. The van der Waals surface area contributed by atoms with E-state index >= 15 is 0 Å². The minimum Gasteiger partial charge on any atom is -0.326 e. The maximum absolute atomic E-state index is 11.2. The second-order valence-corrected chi connectivity index (χ2v) is 3.56. The first kappa shape index (κ1) is 11.4. The maximum Gasteiger partial charge on any atom is 0.245 e. The van der Waals surface area contributed by atoms with Crippen molar-refractivity contribution in [2.24, 2.45) is 5.73 Å². The molecule has 72 valence electrons. The molecule has 0 aliphatic heterocycles. The van der Waals surface area contributed by atoms with Crippen LogP contribution in [-0.4, -0.2) is 30.7 Å². The molecule has 0 spiro atoms. The molecule has 0 heterocycles. The van der Waals surface area contributed by atoms with Crippen molar-refractivity contribution in [1.29, 1.82) is 0 Å². The molecule has 0 atom stereocenters. The number of amides is 1. The number of nitrogens with zero attached hydrogens (tertiary/aromatic N) is 1. The van der Waals surface area contributed by atoms with Crippen molar-refractivity contribution in [2.75, 3.05) is 14.2 Å². The van der Waals surface area contributed by atoms with Crippen molar-refractivity contribution < 1.29 is 9.63 Å². The highest BCUT2D eigenvalue weighted by molar-refractivity contribution is 5.74. The average molecular weight is 174 g/mol. The summed E-state index contributed by atoms with van der Waals surface area (Å²) in [4.78, 5) is 15.9. The quantitative estimate of drug-likeness (QED) is 0.632. The molecule has 0 aliphatic carbocycles. The monoisotopic (exact) mass is 174 g/mol. The summed E-state index contributed by atoms with van der Waals surface area (Å²) >= 11 is 0. The first-order valence-corrected chi connectivity index (χ1v) is 3.96. The van der Waals surface area contributed by atoms with Crippen molar-refractivity contribution in [3.8, 4) is 0 Å². The fraction of sp³-hybridized carbons (Fsp3) is 0.875. The average Bonchev–Trinajstić information content (AvgIpc) is 1.97. The minimum absolute atomic E-state index is 0.0453. The summed E-state index contributed by atoms with van der Waals surface area (Å²) in [6.45, 7) is 3.79. The van der Waals surface area contributed by atoms with E-state index in [0.29, 0.717) is 12.8 Å². The van der Waals surface area contributed by atoms with E-state index in [4.69, 9.17) is 10.6 Å². The first-order chi connectivity index (χ1) is 5.37. The Kier molecular flexibility index (Phi) is 4.20. The third kappa shape index (κ3) is 5.09. The maximum atomic E-state index is 11.2.